The lowest BCUT2D eigenvalue weighted by Crippen LogP contribution is -2.38. The van der Waals surface area contributed by atoms with Gasteiger partial charge in [0.05, 0.1) is 5.92 Å². The van der Waals surface area contributed by atoms with Gasteiger partial charge in [-0.2, -0.15) is 0 Å². The lowest BCUT2D eigenvalue weighted by atomic mass is 9.78. The zero-order valence-electron chi connectivity index (χ0n) is 10.5. The first-order chi connectivity index (χ1) is 6.93. The van der Waals surface area contributed by atoms with Crippen molar-refractivity contribution in [2.45, 2.75) is 65.4 Å². The van der Waals surface area contributed by atoms with Gasteiger partial charge in [0.2, 0.25) is 0 Å². The number of carbonyl (C=O) groups is 1. The largest absolute Gasteiger partial charge is 0.459 e. The summed E-state index contributed by atoms with van der Waals surface area (Å²) in [7, 11) is 0. The molecule has 0 amide bonds. The quantitative estimate of drug-likeness (QED) is 0.669. The lowest BCUT2D eigenvalue weighted by molar-refractivity contribution is -0.166. The van der Waals surface area contributed by atoms with E-state index in [1.54, 1.807) is 0 Å². The summed E-state index contributed by atoms with van der Waals surface area (Å²) in [5, 5.41) is 0. The molecule has 1 aliphatic carbocycles. The van der Waals surface area contributed by atoms with E-state index < -0.39 is 0 Å². The summed E-state index contributed by atoms with van der Waals surface area (Å²) in [5.74, 6) is 0.465. The Morgan fingerprint density at radius 1 is 1.20 bits per heavy atom. The smallest absolute Gasteiger partial charge is 0.308 e. The number of ether oxygens (including phenoxy) is 1. The highest BCUT2D eigenvalue weighted by Gasteiger charge is 2.34. The zero-order chi connectivity index (χ0) is 11.5. The van der Waals surface area contributed by atoms with Crippen LogP contribution in [0.2, 0.25) is 0 Å². The molecule has 1 aliphatic rings. The third-order valence-electron chi connectivity index (χ3n) is 3.42. The predicted octanol–water partition coefficient (Wildman–Crippen LogP) is 3.54. The molecule has 88 valence electrons. The van der Waals surface area contributed by atoms with Crippen LogP contribution >= 0.6 is 0 Å². The van der Waals surface area contributed by atoms with Crippen LogP contribution in [0.25, 0.3) is 0 Å². The first kappa shape index (κ1) is 12.5. The Morgan fingerprint density at radius 3 is 2.20 bits per heavy atom. The molecule has 0 radical (unpaired) electrons. The highest BCUT2D eigenvalue weighted by Crippen LogP contribution is 2.35. The number of esters is 1. The van der Waals surface area contributed by atoms with Gasteiger partial charge in [0.1, 0.15) is 5.60 Å². The molecule has 0 N–H and O–H groups in total. The molecule has 15 heavy (non-hydrogen) atoms. The van der Waals surface area contributed by atoms with Crippen molar-refractivity contribution in [3.8, 4) is 0 Å². The van der Waals surface area contributed by atoms with E-state index in [4.69, 9.17) is 4.74 Å². The van der Waals surface area contributed by atoms with E-state index in [0.29, 0.717) is 5.92 Å². The average Bonchev–Trinajstić information content (AvgIpc) is 2.18. The van der Waals surface area contributed by atoms with Gasteiger partial charge in [-0.3, -0.25) is 4.79 Å². The molecule has 0 spiro atoms. The van der Waals surface area contributed by atoms with E-state index in [-0.39, 0.29) is 17.5 Å². The second kappa shape index (κ2) is 5.00. The van der Waals surface area contributed by atoms with Crippen molar-refractivity contribution in [2.24, 2.45) is 11.8 Å². The van der Waals surface area contributed by atoms with Crippen molar-refractivity contribution in [1.29, 1.82) is 0 Å². The summed E-state index contributed by atoms with van der Waals surface area (Å²) in [6.45, 7) is 7.89. The fourth-order valence-corrected chi connectivity index (χ4v) is 2.26. The molecule has 0 aromatic heterocycles. The maximum atomic E-state index is 11.6. The molecule has 2 nitrogen and oxygen atoms in total. The molecule has 0 atom stereocenters. The van der Waals surface area contributed by atoms with Crippen molar-refractivity contribution in [1.82, 2.24) is 0 Å². The van der Waals surface area contributed by atoms with Gasteiger partial charge in [0, 0.05) is 0 Å². The standard InChI is InChI=1S/C13H24O2/c1-10(2)12(14)15-13(3,4)11-8-6-5-7-9-11/h10-11H,5-9H2,1-4H3. The van der Waals surface area contributed by atoms with Gasteiger partial charge in [-0.05, 0) is 32.6 Å². The Kier molecular flexibility index (Phi) is 4.18. The van der Waals surface area contributed by atoms with Crippen LogP contribution in [0.1, 0.15) is 59.8 Å². The third kappa shape index (κ3) is 3.51. The van der Waals surface area contributed by atoms with Crippen LogP contribution in [0.4, 0.5) is 0 Å². The van der Waals surface area contributed by atoms with Crippen LogP contribution < -0.4 is 0 Å². The Bertz CT molecular complexity index is 213. The minimum Gasteiger partial charge on any atom is -0.459 e. The number of rotatable bonds is 3. The molecule has 0 saturated heterocycles. The Hall–Kier alpha value is -0.530. The van der Waals surface area contributed by atoms with Crippen molar-refractivity contribution in [3.05, 3.63) is 0 Å². The Morgan fingerprint density at radius 2 is 1.73 bits per heavy atom. The maximum absolute atomic E-state index is 11.6. The third-order valence-corrected chi connectivity index (χ3v) is 3.42. The molecule has 2 heteroatoms. The topological polar surface area (TPSA) is 26.3 Å². The van der Waals surface area contributed by atoms with Crippen molar-refractivity contribution in [3.63, 3.8) is 0 Å². The molecule has 0 unspecified atom stereocenters. The summed E-state index contributed by atoms with van der Waals surface area (Å²) in [4.78, 5) is 11.6. The monoisotopic (exact) mass is 212 g/mol. The van der Waals surface area contributed by atoms with Crippen LogP contribution in [0.5, 0.6) is 0 Å². The minimum atomic E-state index is -0.276. The molecule has 1 rings (SSSR count). The molecule has 0 aromatic carbocycles. The van der Waals surface area contributed by atoms with Gasteiger partial charge in [-0.25, -0.2) is 0 Å². The molecular formula is C13H24O2. The summed E-state index contributed by atoms with van der Waals surface area (Å²) in [6, 6.07) is 0. The number of hydrogen-bond donors (Lipinski definition) is 0. The first-order valence-electron chi connectivity index (χ1n) is 6.16. The highest BCUT2D eigenvalue weighted by atomic mass is 16.6. The highest BCUT2D eigenvalue weighted by molar-refractivity contribution is 5.72. The normalized spacial score (nSPS) is 19.3. The van der Waals surface area contributed by atoms with Crippen LogP contribution in [0.3, 0.4) is 0 Å². The van der Waals surface area contributed by atoms with Gasteiger partial charge < -0.3 is 4.74 Å². The summed E-state index contributed by atoms with van der Waals surface area (Å²) >= 11 is 0. The van der Waals surface area contributed by atoms with Crippen LogP contribution in [0, 0.1) is 11.8 Å². The van der Waals surface area contributed by atoms with Crippen molar-refractivity contribution < 1.29 is 9.53 Å². The minimum absolute atomic E-state index is 0.0205. The molecule has 0 aromatic rings. The van der Waals surface area contributed by atoms with Gasteiger partial charge in [-0.1, -0.05) is 33.1 Å². The maximum Gasteiger partial charge on any atom is 0.308 e. The predicted molar refractivity (Wildman–Crippen MR) is 61.6 cm³/mol. The second-order valence-electron chi connectivity index (χ2n) is 5.51. The van der Waals surface area contributed by atoms with Gasteiger partial charge in [0.15, 0.2) is 0 Å². The Labute approximate surface area is 93.4 Å². The number of carbonyl (C=O) groups excluding carboxylic acids is 1. The summed E-state index contributed by atoms with van der Waals surface area (Å²) < 4.78 is 5.60. The molecule has 1 fully saturated rings. The van der Waals surface area contributed by atoms with Crippen LogP contribution in [-0.2, 0) is 9.53 Å². The molecule has 0 aliphatic heterocycles. The van der Waals surface area contributed by atoms with E-state index in [1.165, 1.54) is 32.1 Å². The second-order valence-corrected chi connectivity index (χ2v) is 5.51. The van der Waals surface area contributed by atoms with Crippen LogP contribution in [-0.4, -0.2) is 11.6 Å². The van der Waals surface area contributed by atoms with Gasteiger partial charge >= 0.3 is 5.97 Å². The lowest BCUT2D eigenvalue weighted by Gasteiger charge is -2.36. The molecule has 0 bridgehead atoms. The SMILES string of the molecule is CC(C)C(=O)OC(C)(C)C1CCCCC1. The van der Waals surface area contributed by atoms with Gasteiger partial charge in [-0.15, -0.1) is 0 Å². The van der Waals surface area contributed by atoms with E-state index in [2.05, 4.69) is 13.8 Å². The van der Waals surface area contributed by atoms with E-state index >= 15 is 0 Å². The fourth-order valence-electron chi connectivity index (χ4n) is 2.26. The van der Waals surface area contributed by atoms with Crippen LogP contribution in [0.15, 0.2) is 0 Å². The number of hydrogen-bond acceptors (Lipinski definition) is 2. The van der Waals surface area contributed by atoms with E-state index in [9.17, 15) is 4.79 Å². The first-order valence-corrected chi connectivity index (χ1v) is 6.16. The zero-order valence-corrected chi connectivity index (χ0v) is 10.5. The summed E-state index contributed by atoms with van der Waals surface area (Å²) in [6.07, 6.45) is 6.32. The average molecular weight is 212 g/mol. The van der Waals surface area contributed by atoms with E-state index in [1.807, 2.05) is 13.8 Å². The summed E-state index contributed by atoms with van der Waals surface area (Å²) in [5.41, 5.74) is -0.276. The molecular weight excluding hydrogens is 188 g/mol. The van der Waals surface area contributed by atoms with Gasteiger partial charge in [0.25, 0.3) is 0 Å². The molecule has 1 saturated carbocycles. The van der Waals surface area contributed by atoms with Crippen molar-refractivity contribution >= 4 is 5.97 Å². The fraction of sp³-hybridized carbons (Fsp3) is 0.923. The van der Waals surface area contributed by atoms with Crippen molar-refractivity contribution in [2.75, 3.05) is 0 Å². The van der Waals surface area contributed by atoms with E-state index in [0.717, 1.165) is 0 Å². The molecule has 0 heterocycles. The Balaban J connectivity index is 2.52.